The Hall–Kier alpha value is -0.980. The number of nitrogens with one attached hydrogen (secondary N) is 1. The van der Waals surface area contributed by atoms with Gasteiger partial charge in [0.25, 0.3) is 0 Å². The van der Waals surface area contributed by atoms with E-state index in [-0.39, 0.29) is 0 Å². The maximum Gasteiger partial charge on any atom is 0.183 e. The van der Waals surface area contributed by atoms with Gasteiger partial charge in [0.1, 0.15) is 0 Å². The highest BCUT2D eigenvalue weighted by Crippen LogP contribution is 2.31. The first-order valence-electron chi connectivity index (χ1n) is 5.88. The molecule has 2 heterocycles. The van der Waals surface area contributed by atoms with Gasteiger partial charge in [0.05, 0.1) is 28.4 Å². The van der Waals surface area contributed by atoms with Crippen LogP contribution in [0.15, 0.2) is 10.9 Å². The van der Waals surface area contributed by atoms with Crippen molar-refractivity contribution in [3.05, 3.63) is 16.6 Å². The van der Waals surface area contributed by atoms with Gasteiger partial charge in [-0.1, -0.05) is 6.92 Å². The number of nitrogens with zero attached hydrogens (tertiary/aromatic N) is 2. The van der Waals surface area contributed by atoms with Crippen LogP contribution in [0.1, 0.15) is 26.0 Å². The van der Waals surface area contributed by atoms with Crippen LogP contribution < -0.4 is 5.32 Å². The normalized spacial score (nSPS) is 12.6. The first kappa shape index (κ1) is 13.5. The molecule has 0 fully saturated rings. The standard InChI is InChI=1S/C12H17N3OS2/c1-4-8(2)14-12-15-10(6-17-12)11-9(5-16-3)13-7-18-11/h6-8H,4-5H2,1-3H3,(H,14,15). The number of anilines is 1. The van der Waals surface area contributed by atoms with Crippen LogP contribution in [-0.2, 0) is 11.3 Å². The van der Waals surface area contributed by atoms with E-state index in [1.54, 1.807) is 29.8 Å². The van der Waals surface area contributed by atoms with E-state index >= 15 is 0 Å². The molecule has 6 heteroatoms. The van der Waals surface area contributed by atoms with Crippen LogP contribution in [0.5, 0.6) is 0 Å². The monoisotopic (exact) mass is 283 g/mol. The Bertz CT molecular complexity index is 495. The van der Waals surface area contributed by atoms with E-state index < -0.39 is 0 Å². The summed E-state index contributed by atoms with van der Waals surface area (Å²) in [4.78, 5) is 10.0. The predicted octanol–water partition coefficient (Wildman–Crippen LogP) is 3.62. The highest BCUT2D eigenvalue weighted by atomic mass is 32.1. The summed E-state index contributed by atoms with van der Waals surface area (Å²) in [5.41, 5.74) is 3.79. The van der Waals surface area contributed by atoms with Crippen LogP contribution in [0, 0.1) is 0 Å². The fraction of sp³-hybridized carbons (Fsp3) is 0.500. The summed E-state index contributed by atoms with van der Waals surface area (Å²) in [5.74, 6) is 0. The molecule has 18 heavy (non-hydrogen) atoms. The third kappa shape index (κ3) is 3.07. The van der Waals surface area contributed by atoms with Crippen molar-refractivity contribution in [2.75, 3.05) is 12.4 Å². The SMILES string of the molecule is CCC(C)Nc1nc(-c2scnc2COC)cs1. The van der Waals surface area contributed by atoms with E-state index in [0.29, 0.717) is 12.6 Å². The van der Waals surface area contributed by atoms with Gasteiger partial charge in [-0.3, -0.25) is 0 Å². The molecular weight excluding hydrogens is 266 g/mol. The van der Waals surface area contributed by atoms with Crippen molar-refractivity contribution in [1.29, 1.82) is 0 Å². The van der Waals surface area contributed by atoms with Crippen molar-refractivity contribution in [3.8, 4) is 10.6 Å². The molecule has 0 aromatic carbocycles. The molecule has 1 unspecified atom stereocenters. The zero-order valence-electron chi connectivity index (χ0n) is 10.8. The number of aromatic nitrogens is 2. The lowest BCUT2D eigenvalue weighted by molar-refractivity contribution is 0.182. The van der Waals surface area contributed by atoms with Gasteiger partial charge in [-0.2, -0.15) is 0 Å². The van der Waals surface area contributed by atoms with Crippen LogP contribution in [0.2, 0.25) is 0 Å². The molecule has 0 aliphatic rings. The number of hydrogen-bond acceptors (Lipinski definition) is 6. The Kier molecular flexibility index (Phi) is 4.68. The number of hydrogen-bond donors (Lipinski definition) is 1. The second-order valence-electron chi connectivity index (χ2n) is 4.05. The van der Waals surface area contributed by atoms with Gasteiger partial charge in [0, 0.05) is 18.5 Å². The molecule has 4 nitrogen and oxygen atoms in total. The molecule has 2 aromatic heterocycles. The molecular formula is C12H17N3OS2. The first-order chi connectivity index (χ1) is 8.74. The van der Waals surface area contributed by atoms with Gasteiger partial charge in [-0.15, -0.1) is 22.7 Å². The van der Waals surface area contributed by atoms with E-state index in [1.165, 1.54) is 0 Å². The molecule has 0 spiro atoms. The minimum atomic E-state index is 0.448. The maximum atomic E-state index is 5.14. The number of methoxy groups -OCH3 is 1. The highest BCUT2D eigenvalue weighted by Gasteiger charge is 2.12. The maximum absolute atomic E-state index is 5.14. The summed E-state index contributed by atoms with van der Waals surface area (Å²) in [7, 11) is 1.68. The van der Waals surface area contributed by atoms with E-state index in [0.717, 1.165) is 27.8 Å². The van der Waals surface area contributed by atoms with Crippen molar-refractivity contribution in [2.24, 2.45) is 0 Å². The van der Waals surface area contributed by atoms with Crippen molar-refractivity contribution < 1.29 is 4.74 Å². The van der Waals surface area contributed by atoms with Crippen LogP contribution in [-0.4, -0.2) is 23.1 Å². The molecule has 0 radical (unpaired) electrons. The molecule has 0 bridgehead atoms. The molecule has 0 saturated heterocycles. The van der Waals surface area contributed by atoms with Gasteiger partial charge in [0.2, 0.25) is 0 Å². The number of thiazole rings is 2. The lowest BCUT2D eigenvalue weighted by Crippen LogP contribution is -2.12. The third-order valence-corrected chi connectivity index (χ3v) is 4.31. The van der Waals surface area contributed by atoms with Crippen molar-refractivity contribution in [1.82, 2.24) is 9.97 Å². The molecule has 2 rings (SSSR count). The quantitative estimate of drug-likeness (QED) is 0.879. The topological polar surface area (TPSA) is 47.0 Å². The van der Waals surface area contributed by atoms with Crippen LogP contribution in [0.25, 0.3) is 10.6 Å². The second-order valence-corrected chi connectivity index (χ2v) is 5.77. The van der Waals surface area contributed by atoms with E-state index in [1.807, 2.05) is 5.51 Å². The summed E-state index contributed by atoms with van der Waals surface area (Å²) in [6.07, 6.45) is 1.09. The van der Waals surface area contributed by atoms with Gasteiger partial charge in [-0.25, -0.2) is 9.97 Å². The largest absolute Gasteiger partial charge is 0.378 e. The Morgan fingerprint density at radius 1 is 1.44 bits per heavy atom. The minimum absolute atomic E-state index is 0.448. The molecule has 0 saturated carbocycles. The second kappa shape index (κ2) is 6.26. The predicted molar refractivity (Wildman–Crippen MR) is 77.3 cm³/mol. The molecule has 1 atom stereocenters. The van der Waals surface area contributed by atoms with E-state index in [2.05, 4.69) is 34.5 Å². The molecule has 98 valence electrons. The Morgan fingerprint density at radius 3 is 3.00 bits per heavy atom. The lowest BCUT2D eigenvalue weighted by Gasteiger charge is -2.08. The average molecular weight is 283 g/mol. The Balaban J connectivity index is 2.16. The Morgan fingerprint density at radius 2 is 2.28 bits per heavy atom. The smallest absolute Gasteiger partial charge is 0.183 e. The third-order valence-electron chi connectivity index (χ3n) is 2.64. The molecule has 2 aromatic rings. The van der Waals surface area contributed by atoms with Crippen LogP contribution in [0.4, 0.5) is 5.13 Å². The highest BCUT2D eigenvalue weighted by molar-refractivity contribution is 7.15. The summed E-state index contributed by atoms with van der Waals surface area (Å²) < 4.78 is 5.14. The molecule has 0 amide bonds. The summed E-state index contributed by atoms with van der Waals surface area (Å²) in [5, 5.41) is 6.42. The lowest BCUT2D eigenvalue weighted by atomic mass is 10.3. The van der Waals surface area contributed by atoms with Crippen LogP contribution in [0.3, 0.4) is 0 Å². The Labute approximate surface area is 115 Å². The number of rotatable bonds is 6. The zero-order valence-corrected chi connectivity index (χ0v) is 12.4. The zero-order chi connectivity index (χ0) is 13.0. The summed E-state index contributed by atoms with van der Waals surface area (Å²) in [6, 6.07) is 0.448. The molecule has 1 N–H and O–H groups in total. The molecule has 0 aliphatic heterocycles. The van der Waals surface area contributed by atoms with Gasteiger partial charge in [-0.05, 0) is 13.3 Å². The fourth-order valence-corrected chi connectivity index (χ4v) is 3.12. The van der Waals surface area contributed by atoms with Crippen molar-refractivity contribution in [3.63, 3.8) is 0 Å². The van der Waals surface area contributed by atoms with E-state index in [4.69, 9.17) is 4.74 Å². The fourth-order valence-electron chi connectivity index (χ4n) is 1.47. The minimum Gasteiger partial charge on any atom is -0.378 e. The average Bonchev–Trinajstić information content (AvgIpc) is 2.98. The van der Waals surface area contributed by atoms with Gasteiger partial charge in [0.15, 0.2) is 5.13 Å². The van der Waals surface area contributed by atoms with Crippen molar-refractivity contribution >= 4 is 27.8 Å². The van der Waals surface area contributed by atoms with Crippen molar-refractivity contribution in [2.45, 2.75) is 32.9 Å². The summed E-state index contributed by atoms with van der Waals surface area (Å²) in [6.45, 7) is 4.85. The summed E-state index contributed by atoms with van der Waals surface area (Å²) >= 11 is 3.24. The van der Waals surface area contributed by atoms with Gasteiger partial charge >= 0.3 is 0 Å². The van der Waals surface area contributed by atoms with Crippen LogP contribution >= 0.6 is 22.7 Å². The van der Waals surface area contributed by atoms with Gasteiger partial charge < -0.3 is 10.1 Å². The first-order valence-corrected chi connectivity index (χ1v) is 7.64. The van der Waals surface area contributed by atoms with E-state index in [9.17, 15) is 0 Å². The number of ether oxygens (including phenoxy) is 1. The molecule has 0 aliphatic carbocycles.